The summed E-state index contributed by atoms with van der Waals surface area (Å²) in [6.07, 6.45) is 1.71. The van der Waals surface area contributed by atoms with Crippen LogP contribution in [0.5, 0.6) is 0 Å². The summed E-state index contributed by atoms with van der Waals surface area (Å²) < 4.78 is 1.03. The van der Waals surface area contributed by atoms with Gasteiger partial charge in [-0.2, -0.15) is 0 Å². The van der Waals surface area contributed by atoms with Crippen LogP contribution >= 0.6 is 40.9 Å². The molecule has 0 aliphatic heterocycles. The van der Waals surface area contributed by atoms with E-state index in [9.17, 15) is 0 Å². The molecule has 1 heterocycles. The van der Waals surface area contributed by atoms with Gasteiger partial charge >= 0.3 is 30.0 Å². The van der Waals surface area contributed by atoms with E-state index in [2.05, 4.69) is 40.0 Å². The third-order valence-electron chi connectivity index (χ3n) is 0.362. The van der Waals surface area contributed by atoms with Gasteiger partial charge in [-0.3, -0.25) is 11.3 Å². The number of aromatic nitrogens is 1. The molecule has 8 heavy (non-hydrogen) atoms. The first-order valence-electron chi connectivity index (χ1n) is 1.63. The van der Waals surface area contributed by atoms with Crippen molar-refractivity contribution in [3.05, 3.63) is 15.5 Å². The molecule has 1 aromatic rings. The number of nitrogens with zero attached hydrogens (tertiary/aromatic N) is 1. The van der Waals surface area contributed by atoms with Gasteiger partial charge in [0.15, 0.2) is 0 Å². The second kappa shape index (κ2) is 6.34. The molecule has 0 aromatic carbocycles. The van der Waals surface area contributed by atoms with Crippen molar-refractivity contribution < 1.29 is 16.3 Å². The fourth-order valence-corrected chi connectivity index (χ4v) is 0.791. The van der Waals surface area contributed by atoms with Crippen LogP contribution in [-0.2, 0) is 16.3 Å². The summed E-state index contributed by atoms with van der Waals surface area (Å²) in [5, 5.41) is 0. The molecule has 1 rings (SSSR count). The zero-order valence-electron chi connectivity index (χ0n) is 3.90. The van der Waals surface area contributed by atoms with Crippen molar-refractivity contribution in [2.75, 3.05) is 0 Å². The van der Waals surface area contributed by atoms with E-state index in [1.54, 1.807) is 6.20 Å². The summed E-state index contributed by atoms with van der Waals surface area (Å²) >= 11 is 8.91. The van der Waals surface area contributed by atoms with E-state index in [1.165, 1.54) is 27.7 Å². The average Bonchev–Trinajstić information content (AvgIpc) is 2.24. The van der Waals surface area contributed by atoms with Crippen molar-refractivity contribution in [3.63, 3.8) is 0 Å². The molecule has 0 fully saturated rings. The van der Waals surface area contributed by atoms with E-state index < -0.39 is 0 Å². The van der Waals surface area contributed by atoms with Gasteiger partial charge in [0.2, 0.25) is 0 Å². The molecule has 0 aliphatic carbocycles. The van der Waals surface area contributed by atoms with E-state index in [4.69, 9.17) is 0 Å². The van der Waals surface area contributed by atoms with Crippen LogP contribution in [0.1, 0.15) is 0 Å². The Hall–Kier alpha value is 1.21. The van der Waals surface area contributed by atoms with E-state index in [-0.39, 0.29) is 0 Å². The average molecular weight is 308 g/mol. The Kier molecular flexibility index (Phi) is 7.30. The number of hydrogen-bond acceptors (Lipinski definition) is 2. The summed E-state index contributed by atoms with van der Waals surface area (Å²) in [6, 6.07) is 0. The van der Waals surface area contributed by atoms with Gasteiger partial charge in [-0.15, -0.1) is 22.1 Å². The predicted molar refractivity (Wildman–Crippen MR) is 37.6 cm³/mol. The standard InChI is InChI=1S/C3HBrNS.BrH.Zn/c4-3-1-5-2-6-3;;/h1H;1H;/q-1;;+2/p-1. The monoisotopic (exact) mass is 305 g/mol. The molecule has 0 N–H and O–H groups in total. The summed E-state index contributed by atoms with van der Waals surface area (Å²) in [5.41, 5.74) is 2.67. The number of halogens is 2. The van der Waals surface area contributed by atoms with E-state index >= 15 is 0 Å². The van der Waals surface area contributed by atoms with Gasteiger partial charge in [-0.25, -0.2) is 0 Å². The topological polar surface area (TPSA) is 12.9 Å². The SMILES string of the molecule is Brc1cn[c-]s1.[Zn+][Br]. The molecule has 1 aromatic heterocycles. The zero-order valence-corrected chi connectivity index (χ0v) is 10.9. The molecule has 0 saturated carbocycles. The summed E-state index contributed by atoms with van der Waals surface area (Å²) in [7, 11) is 0. The van der Waals surface area contributed by atoms with Crippen LogP contribution in [-0.4, -0.2) is 4.98 Å². The minimum atomic E-state index is 1.03. The van der Waals surface area contributed by atoms with Crippen LogP contribution in [0.2, 0.25) is 0 Å². The van der Waals surface area contributed by atoms with Crippen molar-refractivity contribution >= 4 is 40.9 Å². The molecule has 0 saturated heterocycles. The van der Waals surface area contributed by atoms with Crippen LogP contribution in [0.4, 0.5) is 0 Å². The molecule has 5 heteroatoms. The van der Waals surface area contributed by atoms with Crippen LogP contribution in [0.3, 0.4) is 0 Å². The summed E-state index contributed by atoms with van der Waals surface area (Å²) in [6.45, 7) is 0. The van der Waals surface area contributed by atoms with Crippen molar-refractivity contribution in [2.45, 2.75) is 0 Å². The first-order valence-corrected chi connectivity index (χ1v) is 10.2. The Bertz CT molecular complexity index is 121. The van der Waals surface area contributed by atoms with E-state index in [0.717, 1.165) is 3.79 Å². The van der Waals surface area contributed by atoms with Crippen molar-refractivity contribution in [2.24, 2.45) is 0 Å². The van der Waals surface area contributed by atoms with Crippen LogP contribution < -0.4 is 0 Å². The molecule has 0 radical (unpaired) electrons. The van der Waals surface area contributed by atoms with Crippen LogP contribution in [0.15, 0.2) is 9.98 Å². The number of thiazole rings is 1. The molecule has 1 nitrogen and oxygen atoms in total. The van der Waals surface area contributed by atoms with Gasteiger partial charge in [0.05, 0.1) is 0 Å². The van der Waals surface area contributed by atoms with Gasteiger partial charge in [-0.1, -0.05) is 3.79 Å². The number of hydrogen-bond donors (Lipinski definition) is 0. The van der Waals surface area contributed by atoms with Crippen LogP contribution in [0.25, 0.3) is 0 Å². The van der Waals surface area contributed by atoms with Gasteiger partial charge in [-0.05, 0) is 5.51 Å². The van der Waals surface area contributed by atoms with E-state index in [1.807, 2.05) is 0 Å². The normalized spacial score (nSPS) is 7.50. The second-order valence-corrected chi connectivity index (χ2v) is 2.96. The molecule has 40 valence electrons. The molecule has 0 aliphatic rings. The Morgan fingerprint density at radius 2 is 2.38 bits per heavy atom. The van der Waals surface area contributed by atoms with E-state index in [0.29, 0.717) is 0 Å². The molecule has 0 amide bonds. The summed E-state index contributed by atoms with van der Waals surface area (Å²) in [5.74, 6) is 0. The third-order valence-corrected chi connectivity index (χ3v) is 1.55. The molecular formula is C3HBr2NSZn. The Morgan fingerprint density at radius 1 is 1.75 bits per heavy atom. The molecular weight excluding hydrogens is 307 g/mol. The maximum atomic E-state index is 3.67. The van der Waals surface area contributed by atoms with Gasteiger partial charge in [0, 0.05) is 0 Å². The summed E-state index contributed by atoms with van der Waals surface area (Å²) in [4.78, 5) is 3.67. The van der Waals surface area contributed by atoms with Crippen molar-refractivity contribution in [1.82, 2.24) is 4.98 Å². The maximum absolute atomic E-state index is 3.67. The fraction of sp³-hybridized carbons (Fsp3) is 0. The van der Waals surface area contributed by atoms with Crippen molar-refractivity contribution in [1.29, 1.82) is 0 Å². The minimum absolute atomic E-state index is 1.03. The molecule has 0 bridgehead atoms. The second-order valence-electron chi connectivity index (χ2n) is 0.756. The van der Waals surface area contributed by atoms with Gasteiger partial charge < -0.3 is 4.98 Å². The molecule has 0 unspecified atom stereocenters. The zero-order chi connectivity index (χ0) is 6.41. The quantitative estimate of drug-likeness (QED) is 0.530. The first-order chi connectivity index (χ1) is 3.89. The third kappa shape index (κ3) is 4.13. The number of rotatable bonds is 0. The van der Waals surface area contributed by atoms with Gasteiger partial charge in [0.25, 0.3) is 0 Å². The Labute approximate surface area is 77.1 Å². The Morgan fingerprint density at radius 3 is 2.50 bits per heavy atom. The fourth-order valence-electron chi connectivity index (χ4n) is 0.173. The Balaban J connectivity index is 0.000000222. The predicted octanol–water partition coefficient (Wildman–Crippen LogP) is 2.55. The van der Waals surface area contributed by atoms with Crippen LogP contribution in [0, 0.1) is 5.51 Å². The molecule has 0 spiro atoms. The first kappa shape index (κ1) is 9.21. The van der Waals surface area contributed by atoms with Gasteiger partial charge in [0.1, 0.15) is 0 Å². The van der Waals surface area contributed by atoms with Crippen molar-refractivity contribution in [3.8, 4) is 0 Å². The molecule has 0 atom stereocenters.